The Morgan fingerprint density at radius 2 is 2.13 bits per heavy atom. The first-order valence-electron chi connectivity index (χ1n) is 8.10. The number of anilines is 1. The number of ether oxygens (including phenoxy) is 1. The van der Waals surface area contributed by atoms with E-state index in [2.05, 4.69) is 51.7 Å². The highest BCUT2D eigenvalue weighted by Crippen LogP contribution is 2.25. The third-order valence-electron chi connectivity index (χ3n) is 3.87. The maximum Gasteiger partial charge on any atom is 0.129 e. The third-order valence-corrected chi connectivity index (χ3v) is 4.90. The maximum absolute atomic E-state index is 5.46. The molecular formula is C18H23N3OS. The van der Waals surface area contributed by atoms with Crippen LogP contribution in [-0.4, -0.2) is 35.5 Å². The number of aromatic nitrogens is 2. The van der Waals surface area contributed by atoms with E-state index in [9.17, 15) is 0 Å². The molecule has 1 N–H and O–H groups in total. The summed E-state index contributed by atoms with van der Waals surface area (Å²) < 4.78 is 5.46. The van der Waals surface area contributed by atoms with Gasteiger partial charge in [-0.2, -0.15) is 11.8 Å². The van der Waals surface area contributed by atoms with Crippen LogP contribution in [0.5, 0.6) is 0 Å². The van der Waals surface area contributed by atoms with Crippen LogP contribution in [0.3, 0.4) is 0 Å². The highest BCUT2D eigenvalue weighted by molar-refractivity contribution is 7.98. The monoisotopic (exact) mass is 329 g/mol. The van der Waals surface area contributed by atoms with Gasteiger partial charge in [-0.3, -0.25) is 0 Å². The number of benzene rings is 1. The number of hydrogen-bond acceptors (Lipinski definition) is 5. The molecule has 0 saturated carbocycles. The number of nitrogens with zero attached hydrogens (tertiary/aromatic N) is 2. The fourth-order valence-electron chi connectivity index (χ4n) is 2.67. The fraction of sp³-hybridized carbons (Fsp3) is 0.444. The van der Waals surface area contributed by atoms with E-state index in [0.29, 0.717) is 5.92 Å². The predicted molar refractivity (Wildman–Crippen MR) is 96.0 cm³/mol. The normalized spacial score (nSPS) is 17.3. The van der Waals surface area contributed by atoms with E-state index < -0.39 is 0 Å². The molecule has 122 valence electrons. The number of aryl methyl sites for hydroxylation is 1. The smallest absolute Gasteiger partial charge is 0.129 e. The van der Waals surface area contributed by atoms with Crippen molar-refractivity contribution < 1.29 is 4.74 Å². The second-order valence-electron chi connectivity index (χ2n) is 5.75. The van der Waals surface area contributed by atoms with Gasteiger partial charge < -0.3 is 10.1 Å². The van der Waals surface area contributed by atoms with Crippen molar-refractivity contribution in [1.29, 1.82) is 0 Å². The third kappa shape index (κ3) is 4.94. The first-order valence-corrected chi connectivity index (χ1v) is 9.25. The molecule has 1 aliphatic rings. The molecule has 1 unspecified atom stereocenters. The standard InChI is InChI=1S/C18H23N3OS/c1-14-20-17(16-7-9-22-12-16)11-18(21-14)19-8-10-23-13-15-5-3-2-4-6-15/h2-6,11,16H,7-10,12-13H2,1H3,(H,19,20,21). The molecule has 1 aliphatic heterocycles. The zero-order chi connectivity index (χ0) is 15.9. The molecule has 4 nitrogen and oxygen atoms in total. The summed E-state index contributed by atoms with van der Waals surface area (Å²) in [5.74, 6) is 4.29. The van der Waals surface area contributed by atoms with Crippen LogP contribution in [0.15, 0.2) is 36.4 Å². The van der Waals surface area contributed by atoms with Crippen molar-refractivity contribution in [3.63, 3.8) is 0 Å². The molecule has 2 heterocycles. The minimum Gasteiger partial charge on any atom is -0.381 e. The Morgan fingerprint density at radius 3 is 2.91 bits per heavy atom. The van der Waals surface area contributed by atoms with Gasteiger partial charge in [-0.1, -0.05) is 30.3 Å². The van der Waals surface area contributed by atoms with Gasteiger partial charge >= 0.3 is 0 Å². The van der Waals surface area contributed by atoms with Gasteiger partial charge in [0, 0.05) is 36.6 Å². The van der Waals surface area contributed by atoms with E-state index in [-0.39, 0.29) is 0 Å². The van der Waals surface area contributed by atoms with E-state index in [0.717, 1.165) is 55.0 Å². The van der Waals surface area contributed by atoms with Crippen molar-refractivity contribution in [2.75, 3.05) is 30.8 Å². The Labute approximate surface area is 142 Å². The van der Waals surface area contributed by atoms with Gasteiger partial charge in [0.15, 0.2) is 0 Å². The Morgan fingerprint density at radius 1 is 1.26 bits per heavy atom. The lowest BCUT2D eigenvalue weighted by Crippen LogP contribution is -2.10. The first-order chi connectivity index (χ1) is 11.3. The van der Waals surface area contributed by atoms with Crippen LogP contribution in [0.1, 0.15) is 29.4 Å². The van der Waals surface area contributed by atoms with Crippen molar-refractivity contribution >= 4 is 17.6 Å². The van der Waals surface area contributed by atoms with E-state index in [4.69, 9.17) is 4.74 Å². The first kappa shape index (κ1) is 16.3. The molecular weight excluding hydrogens is 306 g/mol. The largest absolute Gasteiger partial charge is 0.381 e. The van der Waals surface area contributed by atoms with Crippen molar-refractivity contribution in [2.24, 2.45) is 0 Å². The Balaban J connectivity index is 1.46. The average Bonchev–Trinajstić information content (AvgIpc) is 3.10. The van der Waals surface area contributed by atoms with Crippen molar-refractivity contribution in [3.05, 3.63) is 53.5 Å². The van der Waals surface area contributed by atoms with Crippen LogP contribution < -0.4 is 5.32 Å². The molecule has 3 rings (SSSR count). The molecule has 0 radical (unpaired) electrons. The minimum absolute atomic E-state index is 0.421. The molecule has 0 amide bonds. The van der Waals surface area contributed by atoms with Crippen molar-refractivity contribution in [2.45, 2.75) is 25.0 Å². The topological polar surface area (TPSA) is 47.0 Å². The second-order valence-corrected chi connectivity index (χ2v) is 6.86. The number of hydrogen-bond donors (Lipinski definition) is 1. The van der Waals surface area contributed by atoms with Gasteiger partial charge in [-0.15, -0.1) is 0 Å². The highest BCUT2D eigenvalue weighted by atomic mass is 32.2. The minimum atomic E-state index is 0.421. The molecule has 0 bridgehead atoms. The van der Waals surface area contributed by atoms with Crippen molar-refractivity contribution in [3.8, 4) is 0 Å². The van der Waals surface area contributed by atoms with Crippen LogP contribution in [0.4, 0.5) is 5.82 Å². The molecule has 5 heteroatoms. The van der Waals surface area contributed by atoms with Crippen LogP contribution in [0, 0.1) is 6.92 Å². The maximum atomic E-state index is 5.46. The van der Waals surface area contributed by atoms with Crippen LogP contribution >= 0.6 is 11.8 Å². The molecule has 2 aromatic rings. The molecule has 1 aromatic carbocycles. The van der Waals surface area contributed by atoms with E-state index in [1.165, 1.54) is 5.56 Å². The fourth-order valence-corrected chi connectivity index (χ4v) is 3.49. The summed E-state index contributed by atoms with van der Waals surface area (Å²) in [6.07, 6.45) is 1.06. The lowest BCUT2D eigenvalue weighted by atomic mass is 10.0. The quantitative estimate of drug-likeness (QED) is 0.786. The zero-order valence-corrected chi connectivity index (χ0v) is 14.3. The summed E-state index contributed by atoms with van der Waals surface area (Å²) in [7, 11) is 0. The SMILES string of the molecule is Cc1nc(NCCSCc2ccccc2)cc(C2CCOC2)n1. The summed E-state index contributed by atoms with van der Waals surface area (Å²) in [5.41, 5.74) is 2.48. The molecule has 1 aromatic heterocycles. The molecule has 1 atom stereocenters. The highest BCUT2D eigenvalue weighted by Gasteiger charge is 2.20. The van der Waals surface area contributed by atoms with E-state index >= 15 is 0 Å². The average molecular weight is 329 g/mol. The van der Waals surface area contributed by atoms with Gasteiger partial charge in [0.25, 0.3) is 0 Å². The van der Waals surface area contributed by atoms with Crippen LogP contribution in [-0.2, 0) is 10.5 Å². The Kier molecular flexibility index (Phi) is 5.88. The van der Waals surface area contributed by atoms with Crippen molar-refractivity contribution in [1.82, 2.24) is 9.97 Å². The van der Waals surface area contributed by atoms with E-state index in [1.807, 2.05) is 18.7 Å². The number of nitrogens with one attached hydrogen (secondary N) is 1. The summed E-state index contributed by atoms with van der Waals surface area (Å²) >= 11 is 1.93. The Bertz CT molecular complexity index is 615. The van der Waals surface area contributed by atoms with E-state index in [1.54, 1.807) is 0 Å². The summed E-state index contributed by atoms with van der Waals surface area (Å²) in [6, 6.07) is 12.7. The van der Waals surface area contributed by atoms with Crippen LogP contribution in [0.2, 0.25) is 0 Å². The molecule has 23 heavy (non-hydrogen) atoms. The summed E-state index contributed by atoms with van der Waals surface area (Å²) in [4.78, 5) is 9.05. The van der Waals surface area contributed by atoms with Gasteiger partial charge in [0.05, 0.1) is 12.3 Å². The Hall–Kier alpha value is -1.59. The molecule has 1 fully saturated rings. The summed E-state index contributed by atoms with van der Waals surface area (Å²) in [5, 5.41) is 3.42. The molecule has 0 spiro atoms. The van der Waals surface area contributed by atoms with Gasteiger partial charge in [-0.25, -0.2) is 9.97 Å². The predicted octanol–water partition coefficient (Wildman–Crippen LogP) is 3.63. The molecule has 0 aliphatic carbocycles. The second kappa shape index (κ2) is 8.31. The zero-order valence-electron chi connectivity index (χ0n) is 13.5. The lowest BCUT2D eigenvalue weighted by Gasteiger charge is -2.11. The number of rotatable bonds is 7. The van der Waals surface area contributed by atoms with Gasteiger partial charge in [-0.05, 0) is 18.9 Å². The van der Waals surface area contributed by atoms with Gasteiger partial charge in [0.1, 0.15) is 11.6 Å². The summed E-state index contributed by atoms with van der Waals surface area (Å²) in [6.45, 7) is 4.48. The molecule has 1 saturated heterocycles. The van der Waals surface area contributed by atoms with Crippen LogP contribution in [0.25, 0.3) is 0 Å². The number of thioether (sulfide) groups is 1. The lowest BCUT2D eigenvalue weighted by molar-refractivity contribution is 0.193. The van der Waals surface area contributed by atoms with Gasteiger partial charge in [0.2, 0.25) is 0 Å².